The van der Waals surface area contributed by atoms with Gasteiger partial charge in [0.2, 0.25) is 10.0 Å². The molecule has 1 aromatic rings. The fourth-order valence-corrected chi connectivity index (χ4v) is 1.70. The summed E-state index contributed by atoms with van der Waals surface area (Å²) in [5.41, 5.74) is 7.63. The van der Waals surface area contributed by atoms with Crippen molar-refractivity contribution < 1.29 is 8.42 Å². The number of primary sulfonamides is 1. The highest BCUT2D eigenvalue weighted by molar-refractivity contribution is 7.89. The Labute approximate surface area is 107 Å². The van der Waals surface area contributed by atoms with E-state index in [9.17, 15) is 8.42 Å². The molecule has 0 saturated carbocycles. The number of aryl methyl sites for hydroxylation is 1. The van der Waals surface area contributed by atoms with Crippen molar-refractivity contribution in [1.82, 2.24) is 0 Å². The van der Waals surface area contributed by atoms with E-state index in [1.165, 1.54) is 5.56 Å². The molecule has 0 unspecified atom stereocenters. The molecule has 0 bridgehead atoms. The van der Waals surface area contributed by atoms with Crippen molar-refractivity contribution in [3.05, 3.63) is 29.8 Å². The van der Waals surface area contributed by atoms with E-state index in [4.69, 9.17) is 10.9 Å². The number of benzene rings is 1. The van der Waals surface area contributed by atoms with E-state index in [1.54, 1.807) is 0 Å². The van der Waals surface area contributed by atoms with Crippen LogP contribution < -0.4 is 16.2 Å². The molecule has 0 aliphatic heterocycles. The molecule has 6 nitrogen and oxygen atoms in total. The van der Waals surface area contributed by atoms with Crippen LogP contribution in [0.25, 0.3) is 0 Å². The average Bonchev–Trinajstić information content (AvgIpc) is 2.27. The summed E-state index contributed by atoms with van der Waals surface area (Å²) in [6, 6.07) is 7.75. The van der Waals surface area contributed by atoms with Gasteiger partial charge in [-0.15, -0.1) is 0 Å². The van der Waals surface area contributed by atoms with Crippen molar-refractivity contribution in [3.63, 3.8) is 0 Å². The van der Waals surface area contributed by atoms with Gasteiger partial charge in [0.15, 0.2) is 5.96 Å². The zero-order valence-corrected chi connectivity index (χ0v) is 11.1. The molecule has 0 aliphatic carbocycles. The Bertz CT molecular complexity index is 526. The van der Waals surface area contributed by atoms with E-state index in [1.807, 2.05) is 24.3 Å². The molecule has 100 valence electrons. The largest absolute Gasteiger partial charge is 0.370 e. The topological polar surface area (TPSA) is 111 Å². The summed E-state index contributed by atoms with van der Waals surface area (Å²) in [6.07, 6.45) is 0.929. The van der Waals surface area contributed by atoms with Crippen molar-refractivity contribution in [2.45, 2.75) is 13.3 Å². The molecule has 5 N–H and O–H groups in total. The van der Waals surface area contributed by atoms with Gasteiger partial charge in [-0.25, -0.2) is 13.6 Å². The number of sulfonamides is 1. The van der Waals surface area contributed by atoms with E-state index >= 15 is 0 Å². The third-order valence-corrected chi connectivity index (χ3v) is 3.02. The molecular formula is C11H18N4O2S. The summed E-state index contributed by atoms with van der Waals surface area (Å²) < 4.78 is 21.4. The predicted molar refractivity (Wildman–Crippen MR) is 73.9 cm³/mol. The molecule has 0 saturated heterocycles. The SMILES string of the molecule is CCc1cccc(NC(N)=NCCS(N)(=O)=O)c1. The first-order valence-corrected chi connectivity index (χ1v) is 7.28. The second-order valence-electron chi connectivity index (χ2n) is 3.81. The Morgan fingerprint density at radius 1 is 1.44 bits per heavy atom. The molecule has 0 radical (unpaired) electrons. The fraction of sp³-hybridized carbons (Fsp3) is 0.364. The summed E-state index contributed by atoms with van der Waals surface area (Å²) in [6.45, 7) is 2.10. The summed E-state index contributed by atoms with van der Waals surface area (Å²) in [5.74, 6) is -0.0448. The van der Waals surface area contributed by atoms with Crippen LogP contribution in [0.3, 0.4) is 0 Å². The summed E-state index contributed by atoms with van der Waals surface area (Å²) in [4.78, 5) is 3.88. The second-order valence-corrected chi connectivity index (χ2v) is 5.55. The van der Waals surface area contributed by atoms with Gasteiger partial charge in [0.1, 0.15) is 0 Å². The van der Waals surface area contributed by atoms with Crippen LogP contribution in [0.2, 0.25) is 0 Å². The van der Waals surface area contributed by atoms with Crippen molar-refractivity contribution in [3.8, 4) is 0 Å². The molecular weight excluding hydrogens is 252 g/mol. The van der Waals surface area contributed by atoms with E-state index in [-0.39, 0.29) is 18.3 Å². The summed E-state index contributed by atoms with van der Waals surface area (Å²) in [7, 11) is -3.49. The molecule has 0 atom stereocenters. The highest BCUT2D eigenvalue weighted by Crippen LogP contribution is 2.10. The third-order valence-electron chi connectivity index (χ3n) is 2.27. The Balaban J connectivity index is 2.58. The molecule has 0 fully saturated rings. The zero-order valence-electron chi connectivity index (χ0n) is 10.3. The highest BCUT2D eigenvalue weighted by Gasteiger charge is 2.01. The van der Waals surface area contributed by atoms with E-state index in [0.29, 0.717) is 0 Å². The van der Waals surface area contributed by atoms with Crippen LogP contribution in [0.1, 0.15) is 12.5 Å². The van der Waals surface area contributed by atoms with Crippen LogP contribution in [0.5, 0.6) is 0 Å². The lowest BCUT2D eigenvalue weighted by Gasteiger charge is -2.06. The lowest BCUT2D eigenvalue weighted by molar-refractivity contribution is 0.597. The van der Waals surface area contributed by atoms with Crippen LogP contribution in [0, 0.1) is 0 Å². The van der Waals surface area contributed by atoms with Crippen LogP contribution in [0.4, 0.5) is 5.69 Å². The van der Waals surface area contributed by atoms with E-state index < -0.39 is 10.0 Å². The molecule has 0 heterocycles. The van der Waals surface area contributed by atoms with Crippen molar-refractivity contribution >= 4 is 21.7 Å². The van der Waals surface area contributed by atoms with Crippen LogP contribution >= 0.6 is 0 Å². The zero-order chi connectivity index (χ0) is 13.6. The number of hydrogen-bond acceptors (Lipinski definition) is 3. The maximum atomic E-state index is 10.7. The van der Waals surface area contributed by atoms with Gasteiger partial charge < -0.3 is 11.1 Å². The summed E-state index contributed by atoms with van der Waals surface area (Å²) in [5, 5.41) is 7.75. The first kappa shape index (κ1) is 14.5. The monoisotopic (exact) mass is 270 g/mol. The minimum absolute atomic E-state index is 0.0468. The molecule has 18 heavy (non-hydrogen) atoms. The quantitative estimate of drug-likeness (QED) is 0.526. The summed E-state index contributed by atoms with van der Waals surface area (Å²) >= 11 is 0. The Morgan fingerprint density at radius 2 is 2.17 bits per heavy atom. The van der Waals surface area contributed by atoms with E-state index in [0.717, 1.165) is 12.1 Å². The number of nitrogens with zero attached hydrogens (tertiary/aromatic N) is 1. The molecule has 1 aromatic carbocycles. The molecule has 7 heteroatoms. The van der Waals surface area contributed by atoms with Crippen molar-refractivity contribution in [2.75, 3.05) is 17.6 Å². The third kappa shape index (κ3) is 5.65. The van der Waals surface area contributed by atoms with Crippen molar-refractivity contribution in [2.24, 2.45) is 15.9 Å². The lowest BCUT2D eigenvalue weighted by atomic mass is 10.1. The molecule has 0 aromatic heterocycles. The van der Waals surface area contributed by atoms with Gasteiger partial charge in [-0.05, 0) is 24.1 Å². The van der Waals surface area contributed by atoms with Gasteiger partial charge in [-0.3, -0.25) is 4.99 Å². The van der Waals surface area contributed by atoms with E-state index in [2.05, 4.69) is 17.2 Å². The molecule has 0 amide bonds. The second kappa shape index (κ2) is 6.36. The highest BCUT2D eigenvalue weighted by atomic mass is 32.2. The maximum absolute atomic E-state index is 10.7. The maximum Gasteiger partial charge on any atom is 0.210 e. The molecule has 0 aliphatic rings. The van der Waals surface area contributed by atoms with Gasteiger partial charge in [0.25, 0.3) is 0 Å². The Morgan fingerprint density at radius 3 is 2.78 bits per heavy atom. The Hall–Kier alpha value is -1.60. The number of hydrogen-bond donors (Lipinski definition) is 3. The smallest absolute Gasteiger partial charge is 0.210 e. The minimum Gasteiger partial charge on any atom is -0.370 e. The first-order valence-electron chi connectivity index (χ1n) is 5.57. The molecule has 1 rings (SSSR count). The van der Waals surface area contributed by atoms with Gasteiger partial charge in [-0.1, -0.05) is 19.1 Å². The normalized spacial score (nSPS) is 12.4. The standard InChI is InChI=1S/C11H18N4O2S/c1-2-9-4-3-5-10(8-9)15-11(12)14-6-7-18(13,16)17/h3-5,8H,2,6-7H2,1H3,(H3,12,14,15)(H2,13,16,17). The fourth-order valence-electron chi connectivity index (χ4n) is 1.35. The van der Waals surface area contributed by atoms with Gasteiger partial charge in [-0.2, -0.15) is 0 Å². The van der Waals surface area contributed by atoms with Crippen LogP contribution in [0.15, 0.2) is 29.3 Å². The number of nitrogens with one attached hydrogen (secondary N) is 1. The number of anilines is 1. The lowest BCUT2D eigenvalue weighted by Crippen LogP contribution is -2.25. The molecule has 0 spiro atoms. The van der Waals surface area contributed by atoms with Gasteiger partial charge in [0, 0.05) is 5.69 Å². The number of nitrogens with two attached hydrogens (primary N) is 2. The number of rotatable bonds is 5. The van der Waals surface area contributed by atoms with Gasteiger partial charge >= 0.3 is 0 Å². The number of aliphatic imine (C=N–C) groups is 1. The number of guanidine groups is 1. The average molecular weight is 270 g/mol. The van der Waals surface area contributed by atoms with Crippen LogP contribution in [-0.4, -0.2) is 26.7 Å². The minimum atomic E-state index is -3.49. The van der Waals surface area contributed by atoms with Gasteiger partial charge in [0.05, 0.1) is 12.3 Å². The Kier molecular flexibility index (Phi) is 5.11. The van der Waals surface area contributed by atoms with Crippen molar-refractivity contribution in [1.29, 1.82) is 0 Å². The van der Waals surface area contributed by atoms with Crippen LogP contribution in [-0.2, 0) is 16.4 Å². The first-order chi connectivity index (χ1) is 8.40. The predicted octanol–water partition coefficient (Wildman–Crippen LogP) is 0.264.